The molecule has 0 aromatic carbocycles. The normalized spacial score (nSPS) is 14.6. The molecule has 2 aromatic rings. The number of nitrogens with zero attached hydrogens (tertiary/aromatic N) is 3. The molecule has 1 fully saturated rings. The van der Waals surface area contributed by atoms with Crippen LogP contribution in [0, 0.1) is 11.3 Å². The molecule has 7 nitrogen and oxygen atoms in total. The van der Waals surface area contributed by atoms with Crippen molar-refractivity contribution < 1.29 is 2.85 Å². The molecule has 20 heavy (non-hydrogen) atoms. The molecule has 0 radical (unpaired) electrons. The van der Waals surface area contributed by atoms with Crippen molar-refractivity contribution in [2.45, 2.75) is 25.2 Å². The minimum absolute atomic E-state index is 0. The Kier molecular flexibility index (Phi) is 2.91. The van der Waals surface area contributed by atoms with E-state index in [1.165, 1.54) is 6.20 Å². The van der Waals surface area contributed by atoms with E-state index in [2.05, 4.69) is 20.2 Å². The molecule has 2 heterocycles. The predicted octanol–water partition coefficient (Wildman–Crippen LogP) is 1.15. The fraction of sp³-hybridized carbons (Fsp3) is 0.308. The molecule has 2 N–H and O–H groups in total. The van der Waals surface area contributed by atoms with Crippen LogP contribution in [0.4, 0.5) is 0 Å². The minimum atomic E-state index is -0.570. The smallest absolute Gasteiger partial charge is 0.313 e. The van der Waals surface area contributed by atoms with E-state index in [9.17, 15) is 9.59 Å². The van der Waals surface area contributed by atoms with Gasteiger partial charge in [0.15, 0.2) is 5.69 Å². The zero-order valence-corrected chi connectivity index (χ0v) is 10.5. The van der Waals surface area contributed by atoms with Crippen molar-refractivity contribution in [3.63, 3.8) is 0 Å². The van der Waals surface area contributed by atoms with Gasteiger partial charge in [-0.25, -0.2) is 4.79 Å². The van der Waals surface area contributed by atoms with Gasteiger partial charge in [0.1, 0.15) is 11.8 Å². The molecule has 0 unspecified atom stereocenters. The molecule has 1 saturated carbocycles. The van der Waals surface area contributed by atoms with E-state index in [1.54, 1.807) is 6.07 Å². The fourth-order valence-electron chi connectivity index (χ4n) is 2.26. The summed E-state index contributed by atoms with van der Waals surface area (Å²) < 4.78 is 0. The summed E-state index contributed by atoms with van der Waals surface area (Å²) in [5.41, 5.74) is 0.645. The molecule has 3 rings (SSSR count). The first-order valence-electron chi connectivity index (χ1n) is 6.29. The monoisotopic (exact) mass is 273 g/mol. The summed E-state index contributed by atoms with van der Waals surface area (Å²) in [4.78, 5) is 27.3. The highest BCUT2D eigenvalue weighted by Crippen LogP contribution is 2.38. The van der Waals surface area contributed by atoms with Crippen LogP contribution >= 0.6 is 0 Å². The SMILES string of the molecule is N#Cc1nnc(-c2c[nH]c(=O)[nH]c2=O)cc1C1CCC1.[HH].[HH]. The first-order valence-corrected chi connectivity index (χ1v) is 6.29. The van der Waals surface area contributed by atoms with E-state index >= 15 is 0 Å². The Labute approximate surface area is 116 Å². The van der Waals surface area contributed by atoms with Gasteiger partial charge in [0.05, 0.1) is 5.56 Å². The van der Waals surface area contributed by atoms with E-state index in [0.29, 0.717) is 17.3 Å². The molecule has 0 atom stereocenters. The van der Waals surface area contributed by atoms with E-state index in [1.807, 2.05) is 6.07 Å². The zero-order chi connectivity index (χ0) is 14.1. The maximum Gasteiger partial charge on any atom is 0.325 e. The summed E-state index contributed by atoms with van der Waals surface area (Å²) in [6.45, 7) is 0. The number of nitrogens with one attached hydrogen (secondary N) is 2. The Hall–Kier alpha value is -2.75. The molecule has 104 valence electrons. The van der Waals surface area contributed by atoms with Gasteiger partial charge in [0.25, 0.3) is 5.56 Å². The van der Waals surface area contributed by atoms with Gasteiger partial charge in [-0.05, 0) is 30.4 Å². The number of hydrogen-bond acceptors (Lipinski definition) is 5. The summed E-state index contributed by atoms with van der Waals surface area (Å²) in [5, 5.41) is 16.9. The Morgan fingerprint density at radius 1 is 1.35 bits per heavy atom. The Morgan fingerprint density at radius 3 is 2.75 bits per heavy atom. The average Bonchev–Trinajstić information content (AvgIpc) is 2.37. The van der Waals surface area contributed by atoms with Crippen molar-refractivity contribution in [2.75, 3.05) is 0 Å². The summed E-state index contributed by atoms with van der Waals surface area (Å²) in [7, 11) is 0. The number of hydrogen-bond donors (Lipinski definition) is 2. The van der Waals surface area contributed by atoms with Crippen molar-refractivity contribution in [2.24, 2.45) is 0 Å². The molecule has 0 amide bonds. The lowest BCUT2D eigenvalue weighted by Gasteiger charge is -2.26. The van der Waals surface area contributed by atoms with Gasteiger partial charge in [-0.15, -0.1) is 10.2 Å². The molecule has 1 aliphatic rings. The molecule has 0 bridgehead atoms. The highest BCUT2D eigenvalue weighted by molar-refractivity contribution is 5.58. The molecule has 7 heteroatoms. The van der Waals surface area contributed by atoms with Gasteiger partial charge in [-0.3, -0.25) is 9.78 Å². The second-order valence-electron chi connectivity index (χ2n) is 4.76. The van der Waals surface area contributed by atoms with E-state index in [-0.39, 0.29) is 8.42 Å². The lowest BCUT2D eigenvalue weighted by atomic mass is 9.79. The maximum atomic E-state index is 11.8. The number of H-pyrrole nitrogens is 2. The van der Waals surface area contributed by atoms with Crippen molar-refractivity contribution in [1.82, 2.24) is 20.2 Å². The Bertz CT molecular complexity index is 820. The van der Waals surface area contributed by atoms with E-state index < -0.39 is 11.2 Å². The third-order valence-electron chi connectivity index (χ3n) is 3.57. The van der Waals surface area contributed by atoms with Crippen molar-refractivity contribution >= 4 is 0 Å². The van der Waals surface area contributed by atoms with Crippen LogP contribution in [0.3, 0.4) is 0 Å². The zero-order valence-electron chi connectivity index (χ0n) is 10.5. The third kappa shape index (κ3) is 2.01. The largest absolute Gasteiger partial charge is 0.325 e. The molecular weight excluding hydrogens is 258 g/mol. The lowest BCUT2D eigenvalue weighted by Crippen LogP contribution is -2.23. The Balaban J connectivity index is 0.00000121. The van der Waals surface area contributed by atoms with Gasteiger partial charge in [0.2, 0.25) is 0 Å². The van der Waals surface area contributed by atoms with Crippen LogP contribution in [0.2, 0.25) is 0 Å². The second-order valence-corrected chi connectivity index (χ2v) is 4.76. The van der Waals surface area contributed by atoms with Crippen LogP contribution in [0.25, 0.3) is 11.3 Å². The van der Waals surface area contributed by atoms with Crippen LogP contribution in [-0.2, 0) is 0 Å². The van der Waals surface area contributed by atoms with Crippen LogP contribution in [-0.4, -0.2) is 20.2 Å². The minimum Gasteiger partial charge on any atom is -0.313 e. The van der Waals surface area contributed by atoms with Crippen LogP contribution in [0.15, 0.2) is 21.9 Å². The molecular formula is C13H15N5O2. The van der Waals surface area contributed by atoms with Crippen molar-refractivity contribution in [3.8, 4) is 17.3 Å². The van der Waals surface area contributed by atoms with Gasteiger partial charge >= 0.3 is 5.69 Å². The first kappa shape index (κ1) is 12.3. The lowest BCUT2D eigenvalue weighted by molar-refractivity contribution is 0.417. The van der Waals surface area contributed by atoms with Gasteiger partial charge < -0.3 is 4.98 Å². The van der Waals surface area contributed by atoms with E-state index in [4.69, 9.17) is 5.26 Å². The molecule has 0 aliphatic heterocycles. The Morgan fingerprint density at radius 2 is 2.15 bits per heavy atom. The van der Waals surface area contributed by atoms with Gasteiger partial charge in [-0.1, -0.05) is 6.42 Å². The fourth-order valence-corrected chi connectivity index (χ4v) is 2.26. The number of nitriles is 1. The molecule has 2 aromatic heterocycles. The number of rotatable bonds is 2. The summed E-state index contributed by atoms with van der Waals surface area (Å²) in [6.07, 6.45) is 4.47. The highest BCUT2D eigenvalue weighted by Gasteiger charge is 2.24. The molecule has 0 spiro atoms. The molecule has 1 aliphatic carbocycles. The standard InChI is InChI=1S/C13H11N5O2.2H2/c14-5-11-8(7-2-1-3-7)4-10(17-18-11)9-6-15-13(20)16-12(9)19;;/h4,6-7H,1-3H2,(H2,15,16,19,20);2*1H. The van der Waals surface area contributed by atoms with Crippen LogP contribution < -0.4 is 11.2 Å². The van der Waals surface area contributed by atoms with Crippen molar-refractivity contribution in [3.05, 3.63) is 44.4 Å². The average molecular weight is 273 g/mol. The van der Waals surface area contributed by atoms with Gasteiger partial charge in [-0.2, -0.15) is 5.26 Å². The third-order valence-corrected chi connectivity index (χ3v) is 3.57. The second kappa shape index (κ2) is 4.74. The van der Waals surface area contributed by atoms with Crippen LogP contribution in [0.1, 0.15) is 39.3 Å². The maximum absolute atomic E-state index is 11.8. The number of aromatic amines is 2. The highest BCUT2D eigenvalue weighted by atomic mass is 16.2. The first-order chi connectivity index (χ1) is 9.69. The quantitative estimate of drug-likeness (QED) is 0.851. The van der Waals surface area contributed by atoms with Crippen LogP contribution in [0.5, 0.6) is 0 Å². The van der Waals surface area contributed by atoms with Gasteiger partial charge in [0, 0.05) is 9.05 Å². The van der Waals surface area contributed by atoms with Crippen molar-refractivity contribution in [1.29, 1.82) is 5.26 Å². The predicted molar refractivity (Wildman–Crippen MR) is 74.2 cm³/mol. The molecule has 0 saturated heterocycles. The van der Waals surface area contributed by atoms with E-state index in [0.717, 1.165) is 24.8 Å². The summed E-state index contributed by atoms with van der Waals surface area (Å²) >= 11 is 0. The summed E-state index contributed by atoms with van der Waals surface area (Å²) in [5.74, 6) is 0.306. The number of aromatic nitrogens is 4. The summed E-state index contributed by atoms with van der Waals surface area (Å²) in [6, 6.07) is 3.75. The topological polar surface area (TPSA) is 115 Å².